The van der Waals surface area contributed by atoms with Crippen LogP contribution in [0.2, 0.25) is 15.1 Å². The van der Waals surface area contributed by atoms with Crippen LogP contribution in [-0.4, -0.2) is 45.7 Å². The highest BCUT2D eigenvalue weighted by Crippen LogP contribution is 2.33. The van der Waals surface area contributed by atoms with E-state index in [1.54, 1.807) is 22.9 Å². The number of nitrogens with one attached hydrogen (secondary N) is 1. The molecular formula is C26H23Cl3N4O5-2. The largest absolute Gasteiger partial charge is 0.545 e. The van der Waals surface area contributed by atoms with Crippen molar-refractivity contribution in [2.75, 3.05) is 13.1 Å². The van der Waals surface area contributed by atoms with Crippen LogP contribution >= 0.6 is 34.8 Å². The molecule has 1 fully saturated rings. The molecule has 0 unspecified atom stereocenters. The molecule has 2 heterocycles. The quantitative estimate of drug-likeness (QED) is 0.446. The van der Waals surface area contributed by atoms with E-state index >= 15 is 0 Å². The van der Waals surface area contributed by atoms with E-state index in [1.165, 1.54) is 6.42 Å². The maximum Gasteiger partial charge on any atom is 0.286 e. The van der Waals surface area contributed by atoms with Gasteiger partial charge in [-0.25, -0.2) is 9.69 Å². The summed E-state index contributed by atoms with van der Waals surface area (Å²) in [7, 11) is 0. The fourth-order valence-electron chi connectivity index (χ4n) is 3.82. The van der Waals surface area contributed by atoms with E-state index in [4.69, 9.17) is 34.8 Å². The lowest BCUT2D eigenvalue weighted by molar-refractivity contribution is -0.301. The molecule has 2 aromatic carbocycles. The number of halogens is 3. The van der Waals surface area contributed by atoms with E-state index in [-0.39, 0.29) is 5.91 Å². The summed E-state index contributed by atoms with van der Waals surface area (Å²) in [4.78, 5) is 31.9. The number of aromatic nitrogens is 2. The fraction of sp³-hybridized carbons (Fsp3) is 0.231. The van der Waals surface area contributed by atoms with Crippen molar-refractivity contribution in [2.24, 2.45) is 0 Å². The van der Waals surface area contributed by atoms with E-state index in [1.807, 2.05) is 36.2 Å². The first-order chi connectivity index (χ1) is 18.1. The van der Waals surface area contributed by atoms with Gasteiger partial charge >= 0.3 is 0 Å². The molecule has 200 valence electrons. The van der Waals surface area contributed by atoms with Gasteiger partial charge in [-0.2, -0.15) is 5.10 Å². The van der Waals surface area contributed by atoms with Crippen LogP contribution in [-0.2, 0) is 9.59 Å². The minimum atomic E-state index is -1.55. The fourth-order valence-corrected chi connectivity index (χ4v) is 4.44. The molecule has 0 aliphatic carbocycles. The highest BCUT2D eigenvalue weighted by atomic mass is 35.5. The minimum Gasteiger partial charge on any atom is -0.545 e. The molecule has 0 saturated carbocycles. The Bertz CT molecular complexity index is 1330. The van der Waals surface area contributed by atoms with Crippen LogP contribution in [0, 0.1) is 6.92 Å². The first kappa shape index (κ1) is 29.2. The van der Waals surface area contributed by atoms with Gasteiger partial charge < -0.3 is 19.8 Å². The van der Waals surface area contributed by atoms with Gasteiger partial charge in [0.05, 0.1) is 28.3 Å². The molecule has 1 saturated heterocycles. The molecule has 1 aliphatic heterocycles. The maximum atomic E-state index is 13.1. The van der Waals surface area contributed by atoms with Crippen LogP contribution in [0.15, 0.2) is 54.6 Å². The molecule has 0 bridgehead atoms. The van der Waals surface area contributed by atoms with Crippen LogP contribution < -0.4 is 15.6 Å². The third-order valence-corrected chi connectivity index (χ3v) is 6.35. The molecule has 1 amide bonds. The Kier molecular flexibility index (Phi) is 10.3. The number of nitrogens with zero attached hydrogens (tertiary/aromatic N) is 3. The van der Waals surface area contributed by atoms with Crippen LogP contribution in [0.4, 0.5) is 0 Å². The molecular weight excluding hydrogens is 555 g/mol. The van der Waals surface area contributed by atoms with E-state index in [9.17, 15) is 24.6 Å². The molecule has 12 heteroatoms. The number of amides is 1. The predicted octanol–water partition coefficient (Wildman–Crippen LogP) is 2.98. The summed E-state index contributed by atoms with van der Waals surface area (Å²) in [6.45, 7) is 3.58. The molecule has 1 N–H and O–H groups in total. The van der Waals surface area contributed by atoms with Gasteiger partial charge in [-0.15, -0.1) is 0 Å². The van der Waals surface area contributed by atoms with Gasteiger partial charge in [-0.05, 0) is 62.2 Å². The van der Waals surface area contributed by atoms with Crippen molar-refractivity contribution in [3.8, 4) is 16.9 Å². The summed E-state index contributed by atoms with van der Waals surface area (Å²) < 4.78 is 1.70. The number of hydrogen-bond donors (Lipinski definition) is 1. The number of rotatable bonds is 6. The van der Waals surface area contributed by atoms with Crippen molar-refractivity contribution in [3.63, 3.8) is 0 Å². The average molecular weight is 578 g/mol. The summed E-state index contributed by atoms with van der Waals surface area (Å²) in [6.07, 6.45) is 4.11. The molecule has 9 nitrogen and oxygen atoms in total. The number of carbonyl (C=O) groups excluding carboxylic acids is 3. The second-order valence-corrected chi connectivity index (χ2v) is 9.58. The summed E-state index contributed by atoms with van der Waals surface area (Å²) in [6, 6.07) is 12.6. The molecule has 4 rings (SSSR count). The Morgan fingerprint density at radius 2 is 1.47 bits per heavy atom. The van der Waals surface area contributed by atoms with Crippen molar-refractivity contribution < 1.29 is 24.6 Å². The minimum absolute atomic E-state index is 0.228. The monoisotopic (exact) mass is 576 g/mol. The number of benzene rings is 2. The van der Waals surface area contributed by atoms with Gasteiger partial charge in [0.15, 0.2) is 5.69 Å². The topological polar surface area (TPSA) is 130 Å². The lowest BCUT2D eigenvalue weighted by Gasteiger charge is -2.26. The SMILES string of the molecule is Cc1c(C(=O)NN2CCCCC2)nn(-c2ccc(Cl)cc2Cl)c1-c1ccc(Cl)cc1.O=C([O-])/C=C/C(=O)[O-]. The van der Waals surface area contributed by atoms with Gasteiger partial charge in [-0.3, -0.25) is 10.2 Å². The summed E-state index contributed by atoms with van der Waals surface area (Å²) in [5.74, 6) is -3.32. The van der Waals surface area contributed by atoms with Crippen molar-refractivity contribution in [1.82, 2.24) is 20.2 Å². The van der Waals surface area contributed by atoms with Crippen molar-refractivity contribution in [1.29, 1.82) is 0 Å². The standard InChI is InChI=1S/C22H21Cl3N4O.C4H4O4/c1-14-20(22(30)27-28-11-3-2-4-12-28)26-29(19-10-9-17(24)13-18(19)25)21(14)15-5-7-16(23)8-6-15;5-3(6)1-2-4(7)8/h5-10,13H,2-4,11-12H2,1H3,(H,27,30);1-2H,(H,5,6)(H,7,8)/p-2/b;2-1+. The first-order valence-electron chi connectivity index (χ1n) is 11.5. The van der Waals surface area contributed by atoms with Gasteiger partial charge in [0.1, 0.15) is 0 Å². The Hall–Kier alpha value is -3.37. The van der Waals surface area contributed by atoms with Crippen molar-refractivity contribution in [3.05, 3.63) is 80.9 Å². The van der Waals surface area contributed by atoms with Crippen LogP contribution in [0.25, 0.3) is 16.9 Å². The Labute approximate surface area is 234 Å². The second-order valence-electron chi connectivity index (χ2n) is 8.30. The summed E-state index contributed by atoms with van der Waals surface area (Å²) in [5, 5.41) is 27.1. The molecule has 3 aromatic rings. The molecule has 38 heavy (non-hydrogen) atoms. The zero-order valence-corrected chi connectivity index (χ0v) is 22.5. The predicted molar refractivity (Wildman–Crippen MR) is 141 cm³/mol. The Balaban J connectivity index is 0.000000436. The van der Waals surface area contributed by atoms with E-state index in [0.717, 1.165) is 42.8 Å². The Morgan fingerprint density at radius 3 is 2.03 bits per heavy atom. The molecule has 0 atom stereocenters. The number of piperidine rings is 1. The van der Waals surface area contributed by atoms with Crippen LogP contribution in [0.3, 0.4) is 0 Å². The number of hydrogen-bond acceptors (Lipinski definition) is 7. The van der Waals surface area contributed by atoms with Gasteiger partial charge in [0.2, 0.25) is 0 Å². The summed E-state index contributed by atoms with van der Waals surface area (Å²) >= 11 is 18.6. The van der Waals surface area contributed by atoms with Crippen molar-refractivity contribution >= 4 is 52.6 Å². The normalized spacial score (nSPS) is 13.6. The molecule has 0 spiro atoms. The van der Waals surface area contributed by atoms with E-state index in [0.29, 0.717) is 38.6 Å². The van der Waals surface area contributed by atoms with E-state index < -0.39 is 11.9 Å². The molecule has 0 radical (unpaired) electrons. The maximum absolute atomic E-state index is 13.1. The number of carboxylic acid groups (broad SMARTS) is 2. The van der Waals surface area contributed by atoms with Crippen molar-refractivity contribution in [2.45, 2.75) is 26.2 Å². The highest BCUT2D eigenvalue weighted by molar-refractivity contribution is 6.35. The van der Waals surface area contributed by atoms with Gasteiger partial charge in [0.25, 0.3) is 5.91 Å². The lowest BCUT2D eigenvalue weighted by atomic mass is 10.1. The van der Waals surface area contributed by atoms with E-state index in [2.05, 4.69) is 10.5 Å². The zero-order valence-electron chi connectivity index (χ0n) is 20.2. The van der Waals surface area contributed by atoms with Crippen LogP contribution in [0.5, 0.6) is 0 Å². The van der Waals surface area contributed by atoms with Gasteiger partial charge in [0, 0.05) is 34.3 Å². The third kappa shape index (κ3) is 7.82. The molecule has 1 aromatic heterocycles. The molecule has 1 aliphatic rings. The smallest absolute Gasteiger partial charge is 0.286 e. The number of aliphatic carboxylic acids is 2. The number of hydrazine groups is 1. The first-order valence-corrected chi connectivity index (χ1v) is 12.7. The Morgan fingerprint density at radius 1 is 0.895 bits per heavy atom. The van der Waals surface area contributed by atoms with Crippen LogP contribution in [0.1, 0.15) is 35.3 Å². The zero-order chi connectivity index (χ0) is 27.8. The number of carbonyl (C=O) groups is 3. The summed E-state index contributed by atoms with van der Waals surface area (Å²) in [5.41, 5.74) is 6.42. The highest BCUT2D eigenvalue weighted by Gasteiger charge is 2.24. The number of carboxylic acids is 2. The second kappa shape index (κ2) is 13.4. The van der Waals surface area contributed by atoms with Gasteiger partial charge in [-0.1, -0.05) is 53.4 Å². The average Bonchev–Trinajstić information content (AvgIpc) is 3.21. The third-order valence-electron chi connectivity index (χ3n) is 5.56. The lowest BCUT2D eigenvalue weighted by Crippen LogP contribution is -2.45.